The maximum Gasteiger partial charge on any atom is 0.271 e. The highest BCUT2D eigenvalue weighted by molar-refractivity contribution is 8.14. The normalized spacial score (nSPS) is 19.7. The Bertz CT molecular complexity index is 1190. The van der Waals surface area contributed by atoms with Crippen molar-refractivity contribution in [2.75, 3.05) is 36.8 Å². The molecule has 34 heavy (non-hydrogen) atoms. The first kappa shape index (κ1) is 22.6. The molecule has 3 aliphatic heterocycles. The number of anilines is 1. The SMILES string of the molecule is CC(C)C1C(=O)N=C2c3ccccc3N=C(SCC(=O)N3CCN(c4ccccc4F)CC3)N21. The largest absolute Gasteiger partial charge is 0.366 e. The molecule has 3 heterocycles. The smallest absolute Gasteiger partial charge is 0.271 e. The predicted molar refractivity (Wildman–Crippen MR) is 133 cm³/mol. The van der Waals surface area contributed by atoms with Crippen LogP contribution >= 0.6 is 11.8 Å². The highest BCUT2D eigenvalue weighted by Gasteiger charge is 2.43. The summed E-state index contributed by atoms with van der Waals surface area (Å²) in [6.45, 7) is 6.21. The lowest BCUT2D eigenvalue weighted by Gasteiger charge is -2.36. The van der Waals surface area contributed by atoms with Crippen molar-refractivity contribution in [1.29, 1.82) is 0 Å². The third-order valence-electron chi connectivity index (χ3n) is 6.32. The van der Waals surface area contributed by atoms with Crippen LogP contribution in [0.3, 0.4) is 0 Å². The molecule has 0 N–H and O–H groups in total. The number of amidine groups is 2. The van der Waals surface area contributed by atoms with E-state index < -0.39 is 6.04 Å². The first-order chi connectivity index (χ1) is 16.4. The number of hydrogen-bond acceptors (Lipinski definition) is 6. The van der Waals surface area contributed by atoms with E-state index in [9.17, 15) is 14.0 Å². The van der Waals surface area contributed by atoms with Gasteiger partial charge in [0.2, 0.25) is 5.91 Å². The minimum atomic E-state index is -0.422. The molecule has 2 amide bonds. The number of carbonyl (C=O) groups is 2. The second-order valence-corrected chi connectivity index (χ2v) is 9.79. The lowest BCUT2D eigenvalue weighted by Crippen LogP contribution is -2.50. The van der Waals surface area contributed by atoms with Crippen molar-refractivity contribution in [3.8, 4) is 0 Å². The Morgan fingerprint density at radius 1 is 1.06 bits per heavy atom. The van der Waals surface area contributed by atoms with Crippen LogP contribution in [0, 0.1) is 11.7 Å². The third-order valence-corrected chi connectivity index (χ3v) is 7.26. The fourth-order valence-corrected chi connectivity index (χ4v) is 5.53. The quantitative estimate of drug-likeness (QED) is 0.671. The van der Waals surface area contributed by atoms with Gasteiger partial charge in [0.15, 0.2) is 5.17 Å². The highest BCUT2D eigenvalue weighted by atomic mass is 32.2. The summed E-state index contributed by atoms with van der Waals surface area (Å²) < 4.78 is 14.1. The Labute approximate surface area is 202 Å². The molecule has 7 nitrogen and oxygen atoms in total. The zero-order chi connectivity index (χ0) is 23.8. The Morgan fingerprint density at radius 2 is 1.76 bits per heavy atom. The van der Waals surface area contributed by atoms with E-state index in [1.165, 1.54) is 17.8 Å². The number of carbonyl (C=O) groups excluding carboxylic acids is 2. The third kappa shape index (κ3) is 4.09. The Kier molecular flexibility index (Phi) is 6.12. The second-order valence-electron chi connectivity index (χ2n) is 8.85. The predicted octanol–water partition coefficient (Wildman–Crippen LogP) is 3.52. The van der Waals surface area contributed by atoms with Gasteiger partial charge in [-0.05, 0) is 30.2 Å². The van der Waals surface area contributed by atoms with Gasteiger partial charge in [-0.1, -0.05) is 49.9 Å². The average molecular weight is 480 g/mol. The summed E-state index contributed by atoms with van der Waals surface area (Å²) in [6, 6.07) is 13.9. The highest BCUT2D eigenvalue weighted by Crippen LogP contribution is 2.36. The standard InChI is InChI=1S/C25H26FN5O2S/c1-16(2)22-24(33)28-23-17-7-3-5-9-19(17)27-25(31(22)23)34-15-21(32)30-13-11-29(12-14-30)20-10-6-4-8-18(20)26/h3-10,16,22H,11-15H2,1-2H3. The minimum absolute atomic E-state index is 0.00449. The molecule has 0 spiro atoms. The van der Waals surface area contributed by atoms with Crippen LogP contribution in [-0.4, -0.2) is 70.6 Å². The number of amides is 2. The van der Waals surface area contributed by atoms with Crippen LogP contribution in [0.5, 0.6) is 0 Å². The van der Waals surface area contributed by atoms with Gasteiger partial charge in [0.1, 0.15) is 17.7 Å². The summed E-state index contributed by atoms with van der Waals surface area (Å²) in [7, 11) is 0. The zero-order valence-corrected chi connectivity index (χ0v) is 20.0. The number of fused-ring (bicyclic) bond motifs is 3. The van der Waals surface area contributed by atoms with Crippen LogP contribution in [0.25, 0.3) is 0 Å². The molecule has 0 saturated carbocycles. The molecule has 2 aromatic rings. The molecule has 0 bridgehead atoms. The van der Waals surface area contributed by atoms with E-state index in [1.54, 1.807) is 12.1 Å². The average Bonchev–Trinajstić information content (AvgIpc) is 3.20. The van der Waals surface area contributed by atoms with Crippen molar-refractivity contribution in [2.24, 2.45) is 15.9 Å². The molecule has 1 fully saturated rings. The van der Waals surface area contributed by atoms with Crippen LogP contribution in [0.2, 0.25) is 0 Å². The van der Waals surface area contributed by atoms with Gasteiger partial charge in [-0.2, -0.15) is 4.99 Å². The van der Waals surface area contributed by atoms with Gasteiger partial charge in [0, 0.05) is 31.7 Å². The number of rotatable bonds is 4. The van der Waals surface area contributed by atoms with Crippen LogP contribution in [0.1, 0.15) is 19.4 Å². The first-order valence-corrected chi connectivity index (χ1v) is 12.4. The molecule has 176 valence electrons. The number of benzene rings is 2. The summed E-state index contributed by atoms with van der Waals surface area (Å²) in [5.41, 5.74) is 2.16. The van der Waals surface area contributed by atoms with Gasteiger partial charge in [-0.15, -0.1) is 0 Å². The molecule has 2 aromatic carbocycles. The lowest BCUT2D eigenvalue weighted by atomic mass is 10.0. The second kappa shape index (κ2) is 9.21. The fraction of sp³-hybridized carbons (Fsp3) is 0.360. The van der Waals surface area contributed by atoms with Crippen LogP contribution < -0.4 is 4.90 Å². The fourth-order valence-electron chi connectivity index (χ4n) is 4.59. The molecular formula is C25H26FN5O2S. The van der Waals surface area contributed by atoms with Gasteiger partial charge in [-0.3, -0.25) is 14.5 Å². The maximum atomic E-state index is 14.1. The maximum absolute atomic E-state index is 14.1. The Hall–Kier alpha value is -3.20. The molecule has 3 aliphatic rings. The van der Waals surface area contributed by atoms with Gasteiger partial charge < -0.3 is 9.80 Å². The van der Waals surface area contributed by atoms with Gasteiger partial charge in [0.05, 0.1) is 17.1 Å². The first-order valence-electron chi connectivity index (χ1n) is 11.4. The van der Waals surface area contributed by atoms with E-state index in [1.807, 2.05) is 58.9 Å². The summed E-state index contributed by atoms with van der Waals surface area (Å²) in [4.78, 5) is 40.5. The van der Waals surface area contributed by atoms with Gasteiger partial charge in [-0.25, -0.2) is 9.38 Å². The van der Waals surface area contributed by atoms with Crippen molar-refractivity contribution < 1.29 is 14.0 Å². The van der Waals surface area contributed by atoms with Gasteiger partial charge in [0.25, 0.3) is 5.91 Å². The summed E-state index contributed by atoms with van der Waals surface area (Å²) >= 11 is 1.34. The Morgan fingerprint density at radius 3 is 2.50 bits per heavy atom. The van der Waals surface area contributed by atoms with Crippen molar-refractivity contribution in [3.05, 3.63) is 59.9 Å². The van der Waals surface area contributed by atoms with Crippen molar-refractivity contribution in [2.45, 2.75) is 19.9 Å². The van der Waals surface area contributed by atoms with Crippen LogP contribution in [0.15, 0.2) is 58.5 Å². The number of aliphatic imine (C=N–C) groups is 2. The van der Waals surface area contributed by atoms with E-state index >= 15 is 0 Å². The number of piperazine rings is 1. The number of halogens is 1. The molecule has 1 unspecified atom stereocenters. The topological polar surface area (TPSA) is 68.6 Å². The number of thioether (sulfide) groups is 1. The zero-order valence-electron chi connectivity index (χ0n) is 19.1. The minimum Gasteiger partial charge on any atom is -0.366 e. The molecule has 5 rings (SSSR count). The van der Waals surface area contributed by atoms with Gasteiger partial charge >= 0.3 is 0 Å². The molecule has 9 heteroatoms. The molecule has 0 aliphatic carbocycles. The number of nitrogens with zero attached hydrogens (tertiary/aromatic N) is 5. The summed E-state index contributed by atoms with van der Waals surface area (Å²) in [6.07, 6.45) is 0. The van der Waals surface area contributed by atoms with E-state index in [2.05, 4.69) is 4.99 Å². The monoisotopic (exact) mass is 479 g/mol. The molecule has 0 radical (unpaired) electrons. The van der Waals surface area contributed by atoms with E-state index in [0.29, 0.717) is 42.9 Å². The lowest BCUT2D eigenvalue weighted by molar-refractivity contribution is -0.128. The Balaban J connectivity index is 1.28. The summed E-state index contributed by atoms with van der Waals surface area (Å²) in [5.74, 6) is 0.458. The van der Waals surface area contributed by atoms with Crippen molar-refractivity contribution in [3.63, 3.8) is 0 Å². The van der Waals surface area contributed by atoms with E-state index in [-0.39, 0.29) is 29.3 Å². The molecule has 1 atom stereocenters. The van der Waals surface area contributed by atoms with Crippen molar-refractivity contribution >= 4 is 46.0 Å². The van der Waals surface area contributed by atoms with E-state index in [4.69, 9.17) is 4.99 Å². The molecule has 0 aromatic heterocycles. The molecule has 1 saturated heterocycles. The number of hydrogen-bond donors (Lipinski definition) is 0. The molecular weight excluding hydrogens is 453 g/mol. The van der Waals surface area contributed by atoms with Crippen LogP contribution in [0.4, 0.5) is 15.8 Å². The van der Waals surface area contributed by atoms with Crippen LogP contribution in [-0.2, 0) is 9.59 Å². The van der Waals surface area contributed by atoms with E-state index in [0.717, 1.165) is 11.3 Å². The number of para-hydroxylation sites is 2. The summed E-state index contributed by atoms with van der Waals surface area (Å²) in [5, 5.41) is 0.625. The van der Waals surface area contributed by atoms with Crippen molar-refractivity contribution in [1.82, 2.24) is 9.80 Å².